The minimum atomic E-state index is -0.0897. The Bertz CT molecular complexity index is 1400. The Morgan fingerprint density at radius 3 is 2.06 bits per heavy atom. The van der Waals surface area contributed by atoms with Gasteiger partial charge in [-0.05, 0) is 88.6 Å². The monoisotopic (exact) mass is 479 g/mol. The SMILES string of the molecule is CON=C(N)c1ccc(CNC(=O)c2ccc3c(c2)C2OC3c3cc(C4CC4)c(C4CC4)cc32)cc1. The fourth-order valence-electron chi connectivity index (χ4n) is 5.79. The van der Waals surface area contributed by atoms with E-state index in [1.807, 2.05) is 36.4 Å². The lowest BCUT2D eigenvalue weighted by molar-refractivity contribution is 0.0857. The maximum absolute atomic E-state index is 13.0. The van der Waals surface area contributed by atoms with E-state index in [1.54, 1.807) is 11.1 Å². The topological polar surface area (TPSA) is 85.9 Å². The number of ether oxygens (including phenoxy) is 1. The lowest BCUT2D eigenvalue weighted by atomic mass is 9.82. The molecule has 0 radical (unpaired) electrons. The zero-order valence-electron chi connectivity index (χ0n) is 20.3. The van der Waals surface area contributed by atoms with Crippen molar-refractivity contribution in [2.45, 2.75) is 56.3 Å². The van der Waals surface area contributed by atoms with Crippen molar-refractivity contribution in [1.82, 2.24) is 5.32 Å². The molecular weight excluding hydrogens is 450 g/mol. The molecule has 2 aliphatic heterocycles. The van der Waals surface area contributed by atoms with Crippen molar-refractivity contribution in [2.24, 2.45) is 10.9 Å². The number of carbonyl (C=O) groups excluding carboxylic acids is 1. The third kappa shape index (κ3) is 3.59. The Morgan fingerprint density at radius 1 is 0.861 bits per heavy atom. The summed E-state index contributed by atoms with van der Waals surface area (Å²) in [4.78, 5) is 17.7. The second kappa shape index (κ2) is 8.20. The molecule has 2 heterocycles. The number of nitrogens with one attached hydrogen (secondary N) is 1. The molecule has 6 heteroatoms. The van der Waals surface area contributed by atoms with E-state index in [-0.39, 0.29) is 18.1 Å². The van der Waals surface area contributed by atoms with Crippen LogP contribution in [0.4, 0.5) is 0 Å². The van der Waals surface area contributed by atoms with Gasteiger partial charge < -0.3 is 20.6 Å². The average molecular weight is 480 g/mol. The van der Waals surface area contributed by atoms with Gasteiger partial charge >= 0.3 is 0 Å². The number of oxime groups is 1. The highest BCUT2D eigenvalue weighted by molar-refractivity contribution is 5.97. The Kier molecular flexibility index (Phi) is 4.93. The van der Waals surface area contributed by atoms with E-state index in [0.717, 1.165) is 28.5 Å². The molecular formula is C30H29N3O3. The smallest absolute Gasteiger partial charge is 0.251 e. The Labute approximate surface area is 210 Å². The lowest BCUT2D eigenvalue weighted by Gasteiger charge is -2.20. The van der Waals surface area contributed by atoms with Crippen molar-refractivity contribution < 1.29 is 14.4 Å². The van der Waals surface area contributed by atoms with Gasteiger partial charge in [-0.3, -0.25) is 4.79 Å². The molecule has 2 aliphatic carbocycles. The van der Waals surface area contributed by atoms with E-state index < -0.39 is 0 Å². The van der Waals surface area contributed by atoms with Gasteiger partial charge in [-0.2, -0.15) is 0 Å². The van der Waals surface area contributed by atoms with Gasteiger partial charge in [0.1, 0.15) is 19.3 Å². The molecule has 2 saturated carbocycles. The van der Waals surface area contributed by atoms with Crippen LogP contribution in [0.5, 0.6) is 0 Å². The zero-order valence-corrected chi connectivity index (χ0v) is 20.3. The van der Waals surface area contributed by atoms with Crippen molar-refractivity contribution in [3.05, 3.63) is 105 Å². The van der Waals surface area contributed by atoms with Crippen molar-refractivity contribution in [1.29, 1.82) is 0 Å². The highest BCUT2D eigenvalue weighted by atomic mass is 16.6. The zero-order chi connectivity index (χ0) is 24.4. The molecule has 0 spiro atoms. The molecule has 7 rings (SSSR count). The van der Waals surface area contributed by atoms with E-state index in [9.17, 15) is 4.79 Å². The summed E-state index contributed by atoms with van der Waals surface area (Å²) in [6.45, 7) is 0.428. The number of amidine groups is 1. The molecule has 2 fully saturated rings. The van der Waals surface area contributed by atoms with Gasteiger partial charge in [0.05, 0.1) is 0 Å². The molecule has 1 amide bonds. The van der Waals surface area contributed by atoms with E-state index in [0.29, 0.717) is 17.9 Å². The Morgan fingerprint density at radius 2 is 1.44 bits per heavy atom. The minimum Gasteiger partial charge on any atom is -0.397 e. The molecule has 3 aromatic rings. The van der Waals surface area contributed by atoms with Crippen LogP contribution in [0.15, 0.2) is 59.8 Å². The highest BCUT2D eigenvalue weighted by Gasteiger charge is 2.45. The maximum Gasteiger partial charge on any atom is 0.251 e. The summed E-state index contributed by atoms with van der Waals surface area (Å²) in [5.41, 5.74) is 16.4. The summed E-state index contributed by atoms with van der Waals surface area (Å²) in [6.07, 6.45) is 5.20. The number of hydrogen-bond donors (Lipinski definition) is 2. The molecule has 36 heavy (non-hydrogen) atoms. The third-order valence-electron chi connectivity index (χ3n) is 7.97. The van der Waals surface area contributed by atoms with Crippen LogP contribution in [-0.2, 0) is 16.1 Å². The summed E-state index contributed by atoms with van der Waals surface area (Å²) in [5.74, 6) is 1.72. The fraction of sp³-hybridized carbons (Fsp3) is 0.333. The predicted molar refractivity (Wildman–Crippen MR) is 137 cm³/mol. The van der Waals surface area contributed by atoms with E-state index in [4.69, 9.17) is 15.3 Å². The van der Waals surface area contributed by atoms with Crippen molar-refractivity contribution in [3.63, 3.8) is 0 Å². The summed E-state index contributed by atoms with van der Waals surface area (Å²) in [7, 11) is 1.46. The van der Waals surface area contributed by atoms with E-state index in [1.165, 1.54) is 49.5 Å². The number of fused-ring (bicyclic) bond motifs is 8. The van der Waals surface area contributed by atoms with Gasteiger partial charge in [-0.1, -0.05) is 47.6 Å². The highest BCUT2D eigenvalue weighted by Crippen LogP contribution is 2.58. The first-order valence-corrected chi connectivity index (χ1v) is 12.8. The van der Waals surface area contributed by atoms with E-state index in [2.05, 4.69) is 28.7 Å². The molecule has 0 saturated heterocycles. The van der Waals surface area contributed by atoms with Gasteiger partial charge in [0, 0.05) is 17.7 Å². The molecule has 3 aromatic carbocycles. The maximum atomic E-state index is 13.0. The normalized spacial score (nSPS) is 21.8. The molecule has 2 atom stereocenters. The first kappa shape index (κ1) is 21.6. The number of nitrogens with zero attached hydrogens (tertiary/aromatic N) is 1. The van der Waals surface area contributed by atoms with Gasteiger partial charge in [0.25, 0.3) is 5.91 Å². The molecule has 2 unspecified atom stereocenters. The number of nitrogens with two attached hydrogens (primary N) is 1. The number of benzene rings is 3. The van der Waals surface area contributed by atoms with Crippen LogP contribution in [0.3, 0.4) is 0 Å². The molecule has 4 aliphatic rings. The second-order valence-corrected chi connectivity index (χ2v) is 10.4. The largest absolute Gasteiger partial charge is 0.397 e. The van der Waals surface area contributed by atoms with Crippen LogP contribution in [-0.4, -0.2) is 18.9 Å². The standard InChI is InChI=1S/C30H29N3O3/c1-35-33-29(31)19-4-2-16(3-5-19)15-32-30(34)20-10-11-21-24(12-20)28-26-14-23(18-8-9-18)22(17-6-7-17)13-25(26)27(21)36-28/h2-5,10-14,17-18,27-28H,6-9,15H2,1H3,(H2,31,33)(H,32,34). The first-order chi connectivity index (χ1) is 17.6. The lowest BCUT2D eigenvalue weighted by Crippen LogP contribution is -2.23. The minimum absolute atomic E-state index is 0.00420. The van der Waals surface area contributed by atoms with Gasteiger partial charge in [0.15, 0.2) is 5.84 Å². The predicted octanol–water partition coefficient (Wildman–Crippen LogP) is 5.16. The number of carbonyl (C=O) groups is 1. The van der Waals surface area contributed by atoms with Crippen LogP contribution in [0.1, 0.15) is 105 Å². The first-order valence-electron chi connectivity index (χ1n) is 12.8. The van der Waals surface area contributed by atoms with Crippen LogP contribution < -0.4 is 11.1 Å². The second-order valence-electron chi connectivity index (χ2n) is 10.4. The molecule has 182 valence electrons. The van der Waals surface area contributed by atoms with Gasteiger partial charge in [0.2, 0.25) is 0 Å². The summed E-state index contributed by atoms with van der Waals surface area (Å²) < 4.78 is 6.47. The van der Waals surface area contributed by atoms with Crippen molar-refractivity contribution in [3.8, 4) is 0 Å². The van der Waals surface area contributed by atoms with Crippen molar-refractivity contribution in [2.75, 3.05) is 7.11 Å². The Hall–Kier alpha value is -3.64. The average Bonchev–Trinajstić information content (AvgIpc) is 3.84. The summed E-state index contributed by atoms with van der Waals surface area (Å²) in [6, 6.07) is 18.5. The number of hydrogen-bond acceptors (Lipinski definition) is 4. The number of amides is 1. The van der Waals surface area contributed by atoms with Crippen LogP contribution in [0.2, 0.25) is 0 Å². The molecule has 3 N–H and O–H groups in total. The van der Waals surface area contributed by atoms with Crippen LogP contribution in [0, 0.1) is 0 Å². The van der Waals surface area contributed by atoms with Crippen molar-refractivity contribution >= 4 is 11.7 Å². The Balaban J connectivity index is 1.09. The summed E-state index contributed by atoms with van der Waals surface area (Å²) in [5, 5.41) is 6.78. The third-order valence-corrected chi connectivity index (χ3v) is 7.97. The summed E-state index contributed by atoms with van der Waals surface area (Å²) >= 11 is 0. The quantitative estimate of drug-likeness (QED) is 0.278. The molecule has 6 nitrogen and oxygen atoms in total. The number of rotatable bonds is 7. The van der Waals surface area contributed by atoms with Crippen LogP contribution in [0.25, 0.3) is 0 Å². The molecule has 0 aromatic heterocycles. The van der Waals surface area contributed by atoms with Gasteiger partial charge in [-0.15, -0.1) is 0 Å². The van der Waals surface area contributed by atoms with Gasteiger partial charge in [-0.25, -0.2) is 0 Å². The van der Waals surface area contributed by atoms with E-state index >= 15 is 0 Å². The fourth-order valence-corrected chi connectivity index (χ4v) is 5.79. The van der Waals surface area contributed by atoms with Crippen LogP contribution >= 0.6 is 0 Å². The molecule has 2 bridgehead atoms.